The number of rotatable bonds is 17. The Labute approximate surface area is 571 Å². The summed E-state index contributed by atoms with van der Waals surface area (Å²) in [6.45, 7) is 23.6. The zero-order valence-corrected chi connectivity index (χ0v) is 59.4. The van der Waals surface area contributed by atoms with Gasteiger partial charge in [0.2, 0.25) is 11.8 Å². The summed E-state index contributed by atoms with van der Waals surface area (Å²) in [7, 11) is 1.49. The number of piperazine rings is 2. The number of nitrogens with zero attached hydrogens (tertiary/aromatic N) is 12. The number of halogens is 5. The van der Waals surface area contributed by atoms with Crippen LogP contribution in [-0.2, 0) is 66.1 Å². The van der Waals surface area contributed by atoms with Crippen molar-refractivity contribution in [3.05, 3.63) is 128 Å². The van der Waals surface area contributed by atoms with Gasteiger partial charge in [-0.25, -0.2) is 8.78 Å². The summed E-state index contributed by atoms with van der Waals surface area (Å²) in [5, 5.41) is 13.6. The van der Waals surface area contributed by atoms with Crippen LogP contribution in [0.4, 0.5) is 31.8 Å². The Hall–Kier alpha value is -5.73. The number of amides is 2. The van der Waals surface area contributed by atoms with E-state index in [0.29, 0.717) is 128 Å². The van der Waals surface area contributed by atoms with Crippen molar-refractivity contribution in [1.82, 2.24) is 39.5 Å². The average molecular weight is 1620 g/mol. The molecule has 0 spiro atoms. The molecule has 0 saturated carbocycles. The van der Waals surface area contributed by atoms with Crippen molar-refractivity contribution < 1.29 is 68.2 Å². The first-order valence-electron chi connectivity index (χ1n) is 30.4. The van der Waals surface area contributed by atoms with Gasteiger partial charge in [0.05, 0.1) is 82.6 Å². The molecular formula is C64H79BBr3F2N12O8W-. The summed E-state index contributed by atoms with van der Waals surface area (Å²) in [5.74, 6) is 0.379. The summed E-state index contributed by atoms with van der Waals surface area (Å²) in [6.07, 6.45) is 5.66. The molecule has 4 aromatic carbocycles. The van der Waals surface area contributed by atoms with Crippen LogP contribution in [0.3, 0.4) is 0 Å². The van der Waals surface area contributed by atoms with Gasteiger partial charge in [-0.1, -0.05) is 61.7 Å². The fourth-order valence-corrected chi connectivity index (χ4v) is 12.2. The van der Waals surface area contributed by atoms with E-state index in [1.165, 1.54) is 25.3 Å². The number of aromatic nitrogens is 4. The van der Waals surface area contributed by atoms with Crippen molar-refractivity contribution in [2.45, 2.75) is 38.8 Å². The van der Waals surface area contributed by atoms with Crippen LogP contribution in [-0.4, -0.2) is 211 Å². The minimum atomic E-state index is -0.631. The van der Waals surface area contributed by atoms with Gasteiger partial charge in [-0.3, -0.25) is 19.4 Å². The number of carbonyl (C=O) groups is 2. The molecule has 12 rings (SSSR count). The van der Waals surface area contributed by atoms with E-state index in [-0.39, 0.29) is 60.8 Å². The predicted octanol–water partition coefficient (Wildman–Crippen LogP) is 8.85. The Morgan fingerprint density at radius 2 is 1.01 bits per heavy atom. The quantitative estimate of drug-likeness (QED) is 0.0396. The monoisotopic (exact) mass is 1610 g/mol. The number of methoxy groups -OCH3 is 1. The molecule has 0 radical (unpaired) electrons. The molecule has 27 heteroatoms. The van der Waals surface area contributed by atoms with E-state index in [2.05, 4.69) is 80.0 Å². The SMILES string of the molecule is BrB(Br)Br.C=CC(=O)N1CCN(c2nc(OCCCN3CCOCC3)nc3c2CCN(c2c(F)c(O)cc4ccccc24)C3)CC1.C=CC(=O)N1CCN(c2nc(OCCCN3CCOCC3)nc3c2CCN(c2c(F)c(OC)cc4ccccc24)C3)CC1.[CH3-].[W]. The Bertz CT molecular complexity index is 3450. The van der Waals surface area contributed by atoms with E-state index in [1.54, 1.807) is 15.9 Å². The van der Waals surface area contributed by atoms with Crippen LogP contribution in [0.5, 0.6) is 23.5 Å². The first-order valence-corrected chi connectivity index (χ1v) is 33.1. The molecule has 4 fully saturated rings. The third kappa shape index (κ3) is 17.9. The number of aromatic hydroxyl groups is 1. The molecule has 0 aliphatic carbocycles. The minimum Gasteiger partial charge on any atom is -0.505 e. The second-order valence-corrected chi connectivity index (χ2v) is 28.6. The van der Waals surface area contributed by atoms with Crippen LogP contribution >= 0.6 is 47.3 Å². The molecule has 2 aromatic heterocycles. The van der Waals surface area contributed by atoms with Crippen LogP contribution < -0.4 is 33.8 Å². The van der Waals surface area contributed by atoms with Gasteiger partial charge >= 0.3 is 15.2 Å². The molecule has 6 aromatic rings. The number of ether oxygens (including phenoxy) is 5. The maximum absolute atomic E-state index is 15.8. The first-order chi connectivity index (χ1) is 43.3. The van der Waals surface area contributed by atoms with Crippen LogP contribution in [0.2, 0.25) is 0 Å². The number of phenolic OH excluding ortho intramolecular Hbond substituents is 1. The first kappa shape index (κ1) is 71.1. The van der Waals surface area contributed by atoms with Crippen molar-refractivity contribution in [3.63, 3.8) is 0 Å². The summed E-state index contributed by atoms with van der Waals surface area (Å²) in [5.41, 5.74) is 4.57. The predicted molar refractivity (Wildman–Crippen MR) is 361 cm³/mol. The van der Waals surface area contributed by atoms with Crippen LogP contribution in [0, 0.1) is 19.1 Å². The maximum Gasteiger partial charge on any atom is 0.369 e. The Kier molecular flexibility index (Phi) is 26.9. The largest absolute Gasteiger partial charge is 0.505 e. The minimum absolute atomic E-state index is 0. The van der Waals surface area contributed by atoms with E-state index in [1.807, 2.05) is 58.3 Å². The molecule has 488 valence electrons. The van der Waals surface area contributed by atoms with E-state index in [0.717, 1.165) is 134 Å². The van der Waals surface area contributed by atoms with Crippen molar-refractivity contribution in [2.24, 2.45) is 0 Å². The summed E-state index contributed by atoms with van der Waals surface area (Å²) < 4.78 is 60.1. The number of benzene rings is 4. The number of hydrogen-bond acceptors (Lipinski definition) is 18. The number of carbonyl (C=O) groups excluding carboxylic acids is 2. The van der Waals surface area contributed by atoms with Gasteiger partial charge in [-0.15, -0.1) is 47.3 Å². The van der Waals surface area contributed by atoms with Crippen molar-refractivity contribution in [3.8, 4) is 23.5 Å². The van der Waals surface area contributed by atoms with Gasteiger partial charge < -0.3 is 65.6 Å². The molecule has 4 saturated heterocycles. The number of anilines is 4. The molecule has 0 bridgehead atoms. The second-order valence-electron chi connectivity index (χ2n) is 22.2. The van der Waals surface area contributed by atoms with Gasteiger partial charge in [-0.05, 0) is 60.7 Å². The van der Waals surface area contributed by atoms with E-state index >= 15 is 8.78 Å². The third-order valence-corrected chi connectivity index (χ3v) is 16.8. The third-order valence-electron chi connectivity index (χ3n) is 16.8. The normalized spacial score (nSPS) is 16.8. The van der Waals surface area contributed by atoms with Crippen molar-refractivity contribution >= 4 is 107 Å². The van der Waals surface area contributed by atoms with E-state index in [4.69, 9.17) is 43.6 Å². The molecule has 91 heavy (non-hydrogen) atoms. The smallest absolute Gasteiger partial charge is 0.369 e. The fourth-order valence-electron chi connectivity index (χ4n) is 12.2. The number of fused-ring (bicyclic) bond motifs is 4. The molecule has 2 amide bonds. The van der Waals surface area contributed by atoms with E-state index < -0.39 is 5.82 Å². The second kappa shape index (κ2) is 34.4. The summed E-state index contributed by atoms with van der Waals surface area (Å²) >= 11 is 9.31. The molecule has 20 nitrogen and oxygen atoms in total. The van der Waals surface area contributed by atoms with Gasteiger partial charge in [0, 0.05) is 148 Å². The van der Waals surface area contributed by atoms with Gasteiger partial charge in [-0.2, -0.15) is 19.9 Å². The van der Waals surface area contributed by atoms with Crippen molar-refractivity contribution in [2.75, 3.05) is 171 Å². The topological polar surface area (TPSA) is 178 Å². The summed E-state index contributed by atoms with van der Waals surface area (Å²) in [4.78, 5) is 60.5. The number of phenols is 1. The zero-order chi connectivity index (χ0) is 62.4. The zero-order valence-electron chi connectivity index (χ0n) is 51.7. The van der Waals surface area contributed by atoms with Gasteiger partial charge in [0.25, 0.3) is 0 Å². The standard InChI is InChI=1S/C32H39FN6O4.C31H37FN6O4.CH3.BBr3.W/c1-3-28(40)37-12-14-38(15-13-37)31-25-9-11-39(30-24-8-5-4-7-23(24)21-27(41-2)29(30)33)22-26(25)34-32(35-31)43-18-6-10-36-16-19-42-20-17-36;1-2-27(40)36-11-13-37(14-12-36)30-24-8-10-38(29-23-7-4-3-6-22(23)20-26(39)28(29)32)21-25(24)33-31(34-30)42-17-5-9-35-15-18-41-19-16-35;;2-1(3)4;/h3-5,7-8,21H,1,6,9-20,22H2,2H3;2-4,6-7,20,39H,1,5,8-19,21H2;1H3;;/q;;-1;;. The Morgan fingerprint density at radius 3 is 1.43 bits per heavy atom. The average Bonchev–Trinajstić information content (AvgIpc) is 0.831. The van der Waals surface area contributed by atoms with Gasteiger partial charge in [0.15, 0.2) is 23.1 Å². The van der Waals surface area contributed by atoms with Gasteiger partial charge in [0.1, 0.15) is 11.6 Å². The molecule has 1 N–H and O–H groups in total. The molecule has 6 aliphatic rings. The molecule has 8 heterocycles. The Morgan fingerprint density at radius 1 is 0.604 bits per heavy atom. The van der Waals surface area contributed by atoms with E-state index in [9.17, 15) is 14.7 Å². The van der Waals surface area contributed by atoms with Crippen LogP contribution in [0.25, 0.3) is 21.5 Å². The number of morpholine rings is 2. The molecule has 6 aliphatic heterocycles. The maximum atomic E-state index is 15.8. The number of hydrogen-bond donors (Lipinski definition) is 1. The summed E-state index contributed by atoms with van der Waals surface area (Å²) in [6, 6.07) is 19.1. The Balaban J connectivity index is 0.000000217. The fraction of sp³-hybridized carbons (Fsp3) is 0.453. The molecular weight excluding hydrogens is 1540 g/mol. The van der Waals surface area contributed by atoms with Crippen molar-refractivity contribution in [1.29, 1.82) is 0 Å². The van der Waals surface area contributed by atoms with Crippen LogP contribution in [0.1, 0.15) is 35.4 Å². The molecule has 0 atom stereocenters. The molecule has 0 unspecified atom stereocenters. The van der Waals surface area contributed by atoms with Crippen LogP contribution in [0.15, 0.2) is 86.0 Å².